The van der Waals surface area contributed by atoms with Crippen molar-refractivity contribution in [2.75, 3.05) is 26.4 Å². The lowest BCUT2D eigenvalue weighted by Crippen LogP contribution is -2.29. The van der Waals surface area contributed by atoms with E-state index < -0.39 is 26.5 Å². The van der Waals surface area contributed by atoms with Crippen LogP contribution in [0.3, 0.4) is 0 Å². The van der Waals surface area contributed by atoms with Gasteiger partial charge in [0.15, 0.2) is 6.10 Å². The fourth-order valence-corrected chi connectivity index (χ4v) is 11.3. The number of esters is 2. The monoisotopic (exact) mass is 1190 g/mol. The van der Waals surface area contributed by atoms with E-state index in [2.05, 4.69) is 74.6 Å². The molecular formula is C73H136NO8P. The fraction of sp³-hybridized carbons (Fsp3) is 0.836. The van der Waals surface area contributed by atoms with Crippen LogP contribution in [-0.2, 0) is 32.7 Å². The summed E-state index contributed by atoms with van der Waals surface area (Å²) in [6.45, 7) is 3.77. The van der Waals surface area contributed by atoms with Crippen LogP contribution >= 0.6 is 7.82 Å². The highest BCUT2D eigenvalue weighted by atomic mass is 31.2. The van der Waals surface area contributed by atoms with E-state index in [0.29, 0.717) is 6.42 Å². The molecule has 0 aromatic carbocycles. The van der Waals surface area contributed by atoms with Gasteiger partial charge >= 0.3 is 19.8 Å². The molecule has 0 saturated carbocycles. The number of unbranched alkanes of at least 4 members (excludes halogenated alkanes) is 45. The number of phosphoric acid groups is 1. The molecule has 0 aromatic rings. The lowest BCUT2D eigenvalue weighted by Gasteiger charge is -2.19. The minimum Gasteiger partial charge on any atom is -0.462 e. The molecule has 0 aliphatic rings. The average molecular weight is 1190 g/mol. The van der Waals surface area contributed by atoms with Crippen LogP contribution in [0.5, 0.6) is 0 Å². The zero-order chi connectivity index (χ0) is 60.1. The quantitative estimate of drug-likeness (QED) is 0.0264. The van der Waals surface area contributed by atoms with Crippen LogP contribution in [0, 0.1) is 0 Å². The number of allylic oxidation sites excluding steroid dienone is 10. The molecule has 0 heterocycles. The minimum atomic E-state index is -4.39. The molecule has 0 aliphatic carbocycles. The van der Waals surface area contributed by atoms with E-state index in [1.165, 1.54) is 263 Å². The number of hydrogen-bond donors (Lipinski definition) is 2. The summed E-state index contributed by atoms with van der Waals surface area (Å²) >= 11 is 0. The Bertz CT molecular complexity index is 1540. The van der Waals surface area contributed by atoms with Crippen molar-refractivity contribution in [2.45, 2.75) is 367 Å². The molecule has 0 spiro atoms. The number of phosphoric ester groups is 1. The van der Waals surface area contributed by atoms with Crippen LogP contribution < -0.4 is 5.73 Å². The Labute approximate surface area is 514 Å². The second-order valence-electron chi connectivity index (χ2n) is 24.1. The third-order valence-corrected chi connectivity index (χ3v) is 16.9. The standard InChI is InChI=1S/C73H136NO8P/c1-3-5-7-9-11-13-15-17-19-21-23-25-27-29-30-31-32-33-34-35-36-37-38-39-40-42-43-45-47-49-51-53-55-57-59-61-63-65-72(75)79-69-71(70-81-83(77,78)80-68-67-74)82-73(76)66-64-62-60-58-56-54-52-50-48-46-44-41-28-26-24-22-20-18-16-14-12-10-8-6-4-2/h15-18,21-24,28,41,71H,3-14,19-20,25-27,29-40,42-70,74H2,1-2H3,(H,77,78)/b17-15-,18-16-,23-21-,24-22-,41-28-. The van der Waals surface area contributed by atoms with Crippen LogP contribution in [0.4, 0.5) is 0 Å². The number of ether oxygens (including phenoxy) is 2. The largest absolute Gasteiger partial charge is 0.472 e. The van der Waals surface area contributed by atoms with Crippen molar-refractivity contribution in [1.29, 1.82) is 0 Å². The molecule has 0 saturated heterocycles. The molecule has 3 N–H and O–H groups in total. The lowest BCUT2D eigenvalue weighted by molar-refractivity contribution is -0.161. The van der Waals surface area contributed by atoms with Crippen molar-refractivity contribution in [1.82, 2.24) is 0 Å². The molecule has 0 fully saturated rings. The summed E-state index contributed by atoms with van der Waals surface area (Å²) in [5.41, 5.74) is 5.40. The third-order valence-electron chi connectivity index (χ3n) is 15.9. The SMILES string of the molecule is CCCCCCC/C=C\C/C=C\C/C=C\CCCCCCCCCCCCC(=O)OC(COC(=O)CCCCCCCCCCCCCCCCCCCCCCCCCCC/C=C\C/C=C\CCCCCCC)COP(=O)(O)OCCN. The normalized spacial score (nSPS) is 13.3. The van der Waals surface area contributed by atoms with Crippen LogP contribution in [0.1, 0.15) is 361 Å². The van der Waals surface area contributed by atoms with Crippen molar-refractivity contribution in [3.05, 3.63) is 60.8 Å². The topological polar surface area (TPSA) is 134 Å². The Hall–Kier alpha value is -2.29. The van der Waals surface area contributed by atoms with Gasteiger partial charge in [-0.05, 0) is 83.5 Å². The summed E-state index contributed by atoms with van der Waals surface area (Å²) in [5.74, 6) is -0.816. The second kappa shape index (κ2) is 68.8. The van der Waals surface area contributed by atoms with Crippen LogP contribution in [0.15, 0.2) is 60.8 Å². The molecule has 2 atom stereocenters. The number of rotatable bonds is 68. The number of carbonyl (C=O) groups is 2. The molecule has 0 radical (unpaired) electrons. The van der Waals surface area contributed by atoms with Crippen LogP contribution in [-0.4, -0.2) is 49.3 Å². The maximum atomic E-state index is 12.8. The van der Waals surface area contributed by atoms with Crippen molar-refractivity contribution >= 4 is 19.8 Å². The smallest absolute Gasteiger partial charge is 0.462 e. The zero-order valence-corrected chi connectivity index (χ0v) is 55.6. The van der Waals surface area contributed by atoms with Crippen LogP contribution in [0.2, 0.25) is 0 Å². The molecule has 0 aromatic heterocycles. The molecule has 83 heavy (non-hydrogen) atoms. The van der Waals surface area contributed by atoms with Crippen molar-refractivity contribution < 1.29 is 37.6 Å². The number of hydrogen-bond acceptors (Lipinski definition) is 8. The Morgan fingerprint density at radius 3 is 0.928 bits per heavy atom. The summed E-state index contributed by atoms with van der Waals surface area (Å²) in [4.78, 5) is 35.3. The fourth-order valence-electron chi connectivity index (χ4n) is 10.6. The number of carbonyl (C=O) groups excluding carboxylic acids is 2. The Balaban J connectivity index is 3.81. The van der Waals surface area contributed by atoms with E-state index in [0.717, 1.165) is 64.2 Å². The summed E-state index contributed by atoms with van der Waals surface area (Å²) in [6, 6.07) is 0. The van der Waals surface area contributed by atoms with E-state index in [9.17, 15) is 19.0 Å². The molecule has 0 amide bonds. The summed E-state index contributed by atoms with van der Waals surface area (Å²) in [7, 11) is -4.39. The maximum Gasteiger partial charge on any atom is 0.472 e. The van der Waals surface area contributed by atoms with Gasteiger partial charge in [0, 0.05) is 19.4 Å². The highest BCUT2D eigenvalue weighted by Crippen LogP contribution is 2.43. The van der Waals surface area contributed by atoms with Gasteiger partial charge in [-0.2, -0.15) is 0 Å². The zero-order valence-electron chi connectivity index (χ0n) is 54.7. The molecule has 9 nitrogen and oxygen atoms in total. The minimum absolute atomic E-state index is 0.0529. The van der Waals surface area contributed by atoms with E-state index in [-0.39, 0.29) is 38.6 Å². The molecule has 10 heteroatoms. The third kappa shape index (κ3) is 68.7. The maximum absolute atomic E-state index is 12.8. The van der Waals surface area contributed by atoms with Gasteiger partial charge < -0.3 is 20.1 Å². The number of nitrogens with two attached hydrogens (primary N) is 1. The first-order chi connectivity index (χ1) is 40.8. The predicted molar refractivity (Wildman–Crippen MR) is 358 cm³/mol. The van der Waals surface area contributed by atoms with E-state index in [1.807, 2.05) is 0 Å². The highest BCUT2D eigenvalue weighted by Gasteiger charge is 2.26. The summed E-state index contributed by atoms with van der Waals surface area (Å²) in [5, 5.41) is 0. The first-order valence-corrected chi connectivity index (χ1v) is 37.3. The molecule has 2 unspecified atom stereocenters. The Morgan fingerprint density at radius 2 is 0.627 bits per heavy atom. The Kier molecular flexibility index (Phi) is 66.9. The molecule has 486 valence electrons. The van der Waals surface area contributed by atoms with Crippen LogP contribution in [0.25, 0.3) is 0 Å². The second-order valence-corrected chi connectivity index (χ2v) is 25.6. The average Bonchev–Trinajstić information content (AvgIpc) is 3.49. The van der Waals surface area contributed by atoms with Gasteiger partial charge in [-0.25, -0.2) is 4.57 Å². The van der Waals surface area contributed by atoms with Gasteiger partial charge in [0.25, 0.3) is 0 Å². The lowest BCUT2D eigenvalue weighted by atomic mass is 10.0. The van der Waals surface area contributed by atoms with Crippen molar-refractivity contribution in [2.24, 2.45) is 5.73 Å². The first kappa shape index (κ1) is 80.7. The molecule has 0 rings (SSSR count). The van der Waals surface area contributed by atoms with Gasteiger partial charge in [0.2, 0.25) is 0 Å². The van der Waals surface area contributed by atoms with Gasteiger partial charge in [0.1, 0.15) is 6.61 Å². The van der Waals surface area contributed by atoms with E-state index in [4.69, 9.17) is 24.3 Å². The highest BCUT2D eigenvalue weighted by molar-refractivity contribution is 7.47. The van der Waals surface area contributed by atoms with Gasteiger partial charge in [-0.15, -0.1) is 0 Å². The van der Waals surface area contributed by atoms with Crippen molar-refractivity contribution in [3.8, 4) is 0 Å². The Morgan fingerprint density at radius 1 is 0.361 bits per heavy atom. The molecule has 0 bridgehead atoms. The molecular weight excluding hydrogens is 1050 g/mol. The molecule has 0 aliphatic heterocycles. The first-order valence-electron chi connectivity index (χ1n) is 35.8. The van der Waals surface area contributed by atoms with E-state index >= 15 is 0 Å². The summed E-state index contributed by atoms with van der Waals surface area (Å²) < 4.78 is 33.2. The van der Waals surface area contributed by atoms with Gasteiger partial charge in [0.05, 0.1) is 13.2 Å². The van der Waals surface area contributed by atoms with Gasteiger partial charge in [-0.3, -0.25) is 18.6 Å². The van der Waals surface area contributed by atoms with E-state index in [1.54, 1.807) is 0 Å². The predicted octanol–water partition coefficient (Wildman–Crippen LogP) is 23.4. The van der Waals surface area contributed by atoms with Crippen molar-refractivity contribution in [3.63, 3.8) is 0 Å². The van der Waals surface area contributed by atoms with Gasteiger partial charge in [-0.1, -0.05) is 325 Å². The summed E-state index contributed by atoms with van der Waals surface area (Å²) in [6.07, 6.45) is 89.0.